The molecule has 0 spiro atoms. The van der Waals surface area contributed by atoms with Crippen LogP contribution in [-0.2, 0) is 11.2 Å². The van der Waals surface area contributed by atoms with Crippen LogP contribution in [0.3, 0.4) is 0 Å². The van der Waals surface area contributed by atoms with Crippen LogP contribution in [-0.4, -0.2) is 44.0 Å². The number of benzene rings is 1. The number of likely N-dealkylation sites (tertiary alicyclic amines) is 1. The lowest BCUT2D eigenvalue weighted by Gasteiger charge is -2.31. The van der Waals surface area contributed by atoms with E-state index in [0.717, 1.165) is 41.1 Å². The molecule has 29 heavy (non-hydrogen) atoms. The van der Waals surface area contributed by atoms with Crippen molar-refractivity contribution in [2.24, 2.45) is 0 Å². The SMILES string of the molecule is O=C(CCc1nc(-c2cccs2)no1)N1CCC[C@H](c2nc3ccccc3[nH]2)C1. The fraction of sp³-hybridized carbons (Fsp3) is 0.333. The van der Waals surface area contributed by atoms with Gasteiger partial charge in [0.2, 0.25) is 17.6 Å². The van der Waals surface area contributed by atoms with Gasteiger partial charge in [0.25, 0.3) is 0 Å². The number of para-hydroxylation sites is 2. The van der Waals surface area contributed by atoms with Crippen molar-refractivity contribution in [1.29, 1.82) is 0 Å². The van der Waals surface area contributed by atoms with E-state index >= 15 is 0 Å². The average Bonchev–Trinajstić information content (AvgIpc) is 3.52. The second-order valence-electron chi connectivity index (χ2n) is 7.31. The minimum atomic E-state index is 0.127. The summed E-state index contributed by atoms with van der Waals surface area (Å²) in [5.41, 5.74) is 2.02. The van der Waals surface area contributed by atoms with Gasteiger partial charge < -0.3 is 14.4 Å². The maximum atomic E-state index is 12.8. The van der Waals surface area contributed by atoms with Gasteiger partial charge >= 0.3 is 0 Å². The van der Waals surface area contributed by atoms with E-state index in [0.29, 0.717) is 31.1 Å². The zero-order chi connectivity index (χ0) is 19.6. The van der Waals surface area contributed by atoms with Crippen LogP contribution >= 0.6 is 11.3 Å². The number of nitrogens with zero attached hydrogens (tertiary/aromatic N) is 4. The maximum absolute atomic E-state index is 12.8. The Morgan fingerprint density at radius 2 is 2.17 bits per heavy atom. The van der Waals surface area contributed by atoms with Crippen LogP contribution in [0, 0.1) is 0 Å². The minimum absolute atomic E-state index is 0.127. The highest BCUT2D eigenvalue weighted by molar-refractivity contribution is 7.13. The number of amides is 1. The van der Waals surface area contributed by atoms with E-state index in [1.54, 1.807) is 11.3 Å². The van der Waals surface area contributed by atoms with Crippen LogP contribution in [0.25, 0.3) is 21.7 Å². The molecule has 3 aromatic heterocycles. The van der Waals surface area contributed by atoms with Gasteiger partial charge in [-0.1, -0.05) is 23.4 Å². The molecule has 1 fully saturated rings. The monoisotopic (exact) mass is 407 g/mol. The van der Waals surface area contributed by atoms with E-state index in [1.807, 2.05) is 46.7 Å². The predicted molar refractivity (Wildman–Crippen MR) is 111 cm³/mol. The molecule has 0 bridgehead atoms. The number of aromatic nitrogens is 4. The van der Waals surface area contributed by atoms with Crippen LogP contribution in [0.2, 0.25) is 0 Å². The van der Waals surface area contributed by atoms with E-state index in [4.69, 9.17) is 9.51 Å². The number of piperidine rings is 1. The van der Waals surface area contributed by atoms with Gasteiger partial charge in [-0.2, -0.15) is 4.98 Å². The lowest BCUT2D eigenvalue weighted by atomic mass is 9.97. The number of nitrogens with one attached hydrogen (secondary N) is 1. The summed E-state index contributed by atoms with van der Waals surface area (Å²) in [6.45, 7) is 1.49. The second-order valence-corrected chi connectivity index (χ2v) is 8.25. The highest BCUT2D eigenvalue weighted by Gasteiger charge is 2.27. The van der Waals surface area contributed by atoms with Crippen LogP contribution in [0.5, 0.6) is 0 Å². The summed E-state index contributed by atoms with van der Waals surface area (Å²) in [5, 5.41) is 5.98. The summed E-state index contributed by atoms with van der Waals surface area (Å²) in [4.78, 5) is 28.2. The number of aromatic amines is 1. The number of thiophene rings is 1. The molecule has 1 N–H and O–H groups in total. The van der Waals surface area contributed by atoms with Crippen molar-refractivity contribution in [3.05, 3.63) is 53.5 Å². The third-order valence-corrected chi connectivity index (χ3v) is 6.20. The average molecular weight is 407 g/mol. The molecule has 1 saturated heterocycles. The van der Waals surface area contributed by atoms with Crippen LogP contribution in [0.1, 0.15) is 36.9 Å². The smallest absolute Gasteiger partial charge is 0.227 e. The van der Waals surface area contributed by atoms with Crippen LogP contribution in [0.15, 0.2) is 46.3 Å². The number of H-pyrrole nitrogens is 1. The van der Waals surface area contributed by atoms with Crippen LogP contribution in [0.4, 0.5) is 0 Å². The Morgan fingerprint density at radius 3 is 3.03 bits per heavy atom. The number of fused-ring (bicyclic) bond motifs is 1. The van der Waals surface area contributed by atoms with Gasteiger partial charge in [0.1, 0.15) is 5.82 Å². The molecular formula is C21H21N5O2S. The summed E-state index contributed by atoms with van der Waals surface area (Å²) in [6.07, 6.45) is 2.86. The fourth-order valence-electron chi connectivity index (χ4n) is 3.83. The van der Waals surface area contributed by atoms with Crippen molar-refractivity contribution < 1.29 is 9.32 Å². The largest absolute Gasteiger partial charge is 0.342 e. The molecule has 0 aliphatic carbocycles. The lowest BCUT2D eigenvalue weighted by molar-refractivity contribution is -0.132. The topological polar surface area (TPSA) is 87.9 Å². The van der Waals surface area contributed by atoms with Gasteiger partial charge in [-0.3, -0.25) is 4.79 Å². The number of carbonyl (C=O) groups excluding carboxylic acids is 1. The highest BCUT2D eigenvalue weighted by atomic mass is 32.1. The minimum Gasteiger partial charge on any atom is -0.342 e. The van der Waals surface area contributed by atoms with Gasteiger partial charge in [-0.15, -0.1) is 11.3 Å². The van der Waals surface area contributed by atoms with Crippen molar-refractivity contribution in [2.45, 2.75) is 31.6 Å². The molecule has 0 radical (unpaired) electrons. The normalized spacial score (nSPS) is 17.1. The first kappa shape index (κ1) is 18.1. The third-order valence-electron chi connectivity index (χ3n) is 5.33. The molecule has 1 aliphatic rings. The Bertz CT molecular complexity index is 1080. The third kappa shape index (κ3) is 3.80. The van der Waals surface area contributed by atoms with Crippen molar-refractivity contribution in [1.82, 2.24) is 25.0 Å². The van der Waals surface area contributed by atoms with Gasteiger partial charge in [0, 0.05) is 31.8 Å². The molecule has 4 heterocycles. The van der Waals surface area contributed by atoms with E-state index in [-0.39, 0.29) is 11.8 Å². The number of rotatable bonds is 5. The quantitative estimate of drug-likeness (QED) is 0.540. The standard InChI is InChI=1S/C21H21N5O2S/c27-19(10-9-18-24-21(25-28-18)17-8-4-12-29-17)26-11-3-5-14(13-26)20-22-15-6-1-2-7-16(15)23-20/h1-2,4,6-8,12,14H,3,5,9-11,13H2,(H,22,23)/t14-/m0/s1. The molecule has 1 amide bonds. The van der Waals surface area contributed by atoms with Crippen molar-refractivity contribution in [2.75, 3.05) is 13.1 Å². The van der Waals surface area contributed by atoms with E-state index in [1.165, 1.54) is 0 Å². The molecular weight excluding hydrogens is 386 g/mol. The molecule has 148 valence electrons. The zero-order valence-electron chi connectivity index (χ0n) is 15.9. The molecule has 8 heteroatoms. The van der Waals surface area contributed by atoms with Crippen LogP contribution < -0.4 is 0 Å². The summed E-state index contributed by atoms with van der Waals surface area (Å²) in [5.74, 6) is 2.44. The summed E-state index contributed by atoms with van der Waals surface area (Å²) in [6, 6.07) is 11.9. The second kappa shape index (κ2) is 7.79. The molecule has 0 unspecified atom stereocenters. The van der Waals surface area contributed by atoms with Crippen molar-refractivity contribution >= 4 is 28.3 Å². The van der Waals surface area contributed by atoms with E-state index in [9.17, 15) is 4.79 Å². The van der Waals surface area contributed by atoms with Crippen molar-refractivity contribution in [3.63, 3.8) is 0 Å². The lowest BCUT2D eigenvalue weighted by Crippen LogP contribution is -2.39. The number of imidazole rings is 1. The first-order chi connectivity index (χ1) is 14.3. The number of hydrogen-bond donors (Lipinski definition) is 1. The first-order valence-electron chi connectivity index (χ1n) is 9.85. The Kier molecular flexibility index (Phi) is 4.85. The van der Waals surface area contributed by atoms with Gasteiger partial charge in [0.05, 0.1) is 15.9 Å². The maximum Gasteiger partial charge on any atom is 0.227 e. The van der Waals surface area contributed by atoms with E-state index in [2.05, 4.69) is 15.1 Å². The first-order valence-corrected chi connectivity index (χ1v) is 10.7. The number of aryl methyl sites for hydroxylation is 1. The summed E-state index contributed by atoms with van der Waals surface area (Å²) < 4.78 is 5.31. The molecule has 1 atom stereocenters. The molecule has 5 rings (SSSR count). The van der Waals surface area contributed by atoms with E-state index < -0.39 is 0 Å². The number of carbonyl (C=O) groups is 1. The molecule has 7 nitrogen and oxygen atoms in total. The Labute approximate surface area is 171 Å². The molecule has 4 aromatic rings. The zero-order valence-corrected chi connectivity index (χ0v) is 16.7. The fourth-order valence-corrected chi connectivity index (χ4v) is 4.48. The van der Waals surface area contributed by atoms with Gasteiger partial charge in [-0.05, 0) is 36.4 Å². The Morgan fingerprint density at radius 1 is 1.24 bits per heavy atom. The molecule has 1 aliphatic heterocycles. The Hall–Kier alpha value is -3.00. The van der Waals surface area contributed by atoms with Gasteiger partial charge in [-0.25, -0.2) is 4.98 Å². The Balaban J connectivity index is 1.21. The highest BCUT2D eigenvalue weighted by Crippen LogP contribution is 2.27. The van der Waals surface area contributed by atoms with Crippen molar-refractivity contribution in [3.8, 4) is 10.7 Å². The predicted octanol–water partition coefficient (Wildman–Crippen LogP) is 4.01. The summed E-state index contributed by atoms with van der Waals surface area (Å²) >= 11 is 1.57. The van der Waals surface area contributed by atoms with Gasteiger partial charge in [0.15, 0.2) is 0 Å². The summed E-state index contributed by atoms with van der Waals surface area (Å²) in [7, 11) is 0. The molecule has 0 saturated carbocycles. The molecule has 1 aromatic carbocycles. The number of hydrogen-bond acceptors (Lipinski definition) is 6.